The van der Waals surface area contributed by atoms with E-state index in [2.05, 4.69) is 4.74 Å². The molecule has 21 heavy (non-hydrogen) atoms. The topological polar surface area (TPSA) is 35.2 Å². The summed E-state index contributed by atoms with van der Waals surface area (Å²) < 4.78 is 54.4. The van der Waals surface area contributed by atoms with Crippen molar-refractivity contribution in [2.45, 2.75) is 19.3 Å². The van der Waals surface area contributed by atoms with Gasteiger partial charge in [0.1, 0.15) is 11.6 Å². The third-order valence-electron chi connectivity index (χ3n) is 2.89. The Balaban J connectivity index is 2.42. The fraction of sp³-hybridized carbons (Fsp3) is 0.200. The molecule has 0 aliphatic rings. The molecular formula is C15H13F4NO. The summed E-state index contributed by atoms with van der Waals surface area (Å²) in [6.07, 6.45) is -4.79. The van der Waals surface area contributed by atoms with Crippen molar-refractivity contribution < 1.29 is 22.3 Å². The molecule has 0 saturated heterocycles. The first-order valence-corrected chi connectivity index (χ1v) is 6.17. The normalized spacial score (nSPS) is 13.0. The quantitative estimate of drug-likeness (QED) is 0.852. The van der Waals surface area contributed by atoms with Crippen LogP contribution in [0.15, 0.2) is 42.5 Å². The molecule has 0 fully saturated rings. The molecule has 0 aliphatic carbocycles. The highest BCUT2D eigenvalue weighted by Crippen LogP contribution is 2.30. The number of rotatable bonds is 3. The van der Waals surface area contributed by atoms with E-state index in [1.807, 2.05) is 0 Å². The van der Waals surface area contributed by atoms with Gasteiger partial charge in [-0.15, -0.1) is 13.2 Å². The van der Waals surface area contributed by atoms with Crippen LogP contribution in [0.2, 0.25) is 0 Å². The summed E-state index contributed by atoms with van der Waals surface area (Å²) in [6, 6.07) is 9.17. The summed E-state index contributed by atoms with van der Waals surface area (Å²) in [7, 11) is 0. The minimum Gasteiger partial charge on any atom is -0.406 e. The summed E-state index contributed by atoms with van der Waals surface area (Å²) in [5.41, 5.74) is 6.88. The van der Waals surface area contributed by atoms with Crippen LogP contribution in [0, 0.1) is 5.82 Å². The molecule has 0 saturated carbocycles. The maximum absolute atomic E-state index is 13.9. The zero-order chi connectivity index (χ0) is 15.6. The average Bonchev–Trinajstić information content (AvgIpc) is 2.37. The van der Waals surface area contributed by atoms with Crippen LogP contribution in [0.25, 0.3) is 11.1 Å². The van der Waals surface area contributed by atoms with Gasteiger partial charge in [-0.3, -0.25) is 0 Å². The number of nitrogens with two attached hydrogens (primary N) is 1. The molecule has 2 aromatic rings. The third-order valence-corrected chi connectivity index (χ3v) is 2.89. The molecule has 0 aliphatic heterocycles. The molecule has 0 amide bonds. The lowest BCUT2D eigenvalue weighted by molar-refractivity contribution is -0.274. The van der Waals surface area contributed by atoms with Crippen molar-refractivity contribution in [2.75, 3.05) is 0 Å². The number of halogens is 4. The maximum atomic E-state index is 13.9. The lowest BCUT2D eigenvalue weighted by atomic mass is 9.99. The van der Waals surface area contributed by atoms with Crippen LogP contribution < -0.4 is 10.5 Å². The van der Waals surface area contributed by atoms with Crippen LogP contribution in [-0.4, -0.2) is 6.36 Å². The molecule has 2 nitrogen and oxygen atoms in total. The SMILES string of the molecule is CC(N)c1ccc(F)c(-c2cccc(OC(F)(F)F)c2)c1. The second-order valence-corrected chi connectivity index (χ2v) is 4.60. The van der Waals surface area contributed by atoms with Crippen LogP contribution in [0.1, 0.15) is 18.5 Å². The number of benzene rings is 2. The molecule has 1 atom stereocenters. The van der Waals surface area contributed by atoms with Gasteiger partial charge in [-0.2, -0.15) is 0 Å². The highest BCUT2D eigenvalue weighted by atomic mass is 19.4. The predicted molar refractivity (Wildman–Crippen MR) is 71.1 cm³/mol. The summed E-state index contributed by atoms with van der Waals surface area (Å²) in [6.45, 7) is 1.74. The monoisotopic (exact) mass is 299 g/mol. The molecule has 0 aromatic heterocycles. The van der Waals surface area contributed by atoms with Gasteiger partial charge >= 0.3 is 6.36 Å². The molecule has 112 valence electrons. The Morgan fingerprint density at radius 2 is 1.81 bits per heavy atom. The number of ether oxygens (including phenoxy) is 1. The van der Waals surface area contributed by atoms with Crippen molar-refractivity contribution in [3.8, 4) is 16.9 Å². The van der Waals surface area contributed by atoms with Crippen LogP contribution in [0.5, 0.6) is 5.75 Å². The van der Waals surface area contributed by atoms with Gasteiger partial charge in [0, 0.05) is 11.6 Å². The lowest BCUT2D eigenvalue weighted by Gasteiger charge is -2.12. The van der Waals surface area contributed by atoms with Crippen molar-refractivity contribution >= 4 is 0 Å². The Morgan fingerprint density at radius 1 is 1.10 bits per heavy atom. The summed E-state index contributed by atoms with van der Waals surface area (Å²) in [5.74, 6) is -0.936. The Labute approximate surface area is 119 Å². The van der Waals surface area contributed by atoms with Crippen LogP contribution in [0.3, 0.4) is 0 Å². The molecule has 1 unspecified atom stereocenters. The van der Waals surface area contributed by atoms with Gasteiger partial charge in [-0.05, 0) is 42.3 Å². The van der Waals surface area contributed by atoms with Crippen molar-refractivity contribution in [1.29, 1.82) is 0 Å². The largest absolute Gasteiger partial charge is 0.573 e. The first-order chi connectivity index (χ1) is 9.76. The molecule has 0 radical (unpaired) electrons. The Kier molecular flexibility index (Phi) is 4.18. The van der Waals surface area contributed by atoms with E-state index in [-0.39, 0.29) is 17.2 Å². The van der Waals surface area contributed by atoms with E-state index < -0.39 is 17.9 Å². The number of hydrogen-bond donors (Lipinski definition) is 1. The van der Waals surface area contributed by atoms with E-state index in [9.17, 15) is 17.6 Å². The highest BCUT2D eigenvalue weighted by molar-refractivity contribution is 5.66. The van der Waals surface area contributed by atoms with Crippen LogP contribution >= 0.6 is 0 Å². The van der Waals surface area contributed by atoms with Gasteiger partial charge in [-0.1, -0.05) is 18.2 Å². The van der Waals surface area contributed by atoms with Crippen molar-refractivity contribution in [3.63, 3.8) is 0 Å². The fourth-order valence-electron chi connectivity index (χ4n) is 1.91. The van der Waals surface area contributed by atoms with Gasteiger partial charge in [-0.25, -0.2) is 4.39 Å². The predicted octanol–water partition coefficient (Wildman–Crippen LogP) is 4.41. The summed E-state index contributed by atoms with van der Waals surface area (Å²) in [5, 5.41) is 0. The Morgan fingerprint density at radius 3 is 2.43 bits per heavy atom. The molecular weight excluding hydrogens is 286 g/mol. The molecule has 2 rings (SSSR count). The lowest BCUT2D eigenvalue weighted by Crippen LogP contribution is -2.17. The standard InChI is InChI=1S/C15H13F4NO/c1-9(20)10-5-6-14(16)13(8-10)11-3-2-4-12(7-11)21-15(17,18)19/h2-9H,20H2,1H3. The van der Waals surface area contributed by atoms with Crippen LogP contribution in [-0.2, 0) is 0 Å². The summed E-state index contributed by atoms with van der Waals surface area (Å²) >= 11 is 0. The van der Waals surface area contributed by atoms with E-state index >= 15 is 0 Å². The van der Waals surface area contributed by atoms with E-state index in [1.165, 1.54) is 24.3 Å². The van der Waals surface area contributed by atoms with Gasteiger partial charge < -0.3 is 10.5 Å². The minimum absolute atomic E-state index is 0.178. The van der Waals surface area contributed by atoms with Gasteiger partial charge in [0.25, 0.3) is 0 Å². The van der Waals surface area contributed by atoms with E-state index in [1.54, 1.807) is 13.0 Å². The molecule has 6 heteroatoms. The van der Waals surface area contributed by atoms with E-state index in [0.29, 0.717) is 5.56 Å². The maximum Gasteiger partial charge on any atom is 0.573 e. The molecule has 0 bridgehead atoms. The molecule has 2 aromatic carbocycles. The van der Waals surface area contributed by atoms with E-state index in [4.69, 9.17) is 5.73 Å². The highest BCUT2D eigenvalue weighted by Gasteiger charge is 2.31. The number of hydrogen-bond acceptors (Lipinski definition) is 2. The fourth-order valence-corrected chi connectivity index (χ4v) is 1.91. The second-order valence-electron chi connectivity index (χ2n) is 4.60. The minimum atomic E-state index is -4.79. The third kappa shape index (κ3) is 3.95. The smallest absolute Gasteiger partial charge is 0.406 e. The molecule has 0 spiro atoms. The first-order valence-electron chi connectivity index (χ1n) is 6.17. The van der Waals surface area contributed by atoms with Crippen molar-refractivity contribution in [3.05, 3.63) is 53.8 Å². The van der Waals surface area contributed by atoms with Gasteiger partial charge in [0.2, 0.25) is 0 Å². The second kappa shape index (κ2) is 5.73. The summed E-state index contributed by atoms with van der Waals surface area (Å²) in [4.78, 5) is 0. The first kappa shape index (κ1) is 15.3. The Bertz CT molecular complexity index is 638. The average molecular weight is 299 g/mol. The van der Waals surface area contributed by atoms with Gasteiger partial charge in [0.05, 0.1) is 0 Å². The molecule has 2 N–H and O–H groups in total. The van der Waals surface area contributed by atoms with E-state index in [0.717, 1.165) is 12.1 Å². The van der Waals surface area contributed by atoms with Crippen molar-refractivity contribution in [1.82, 2.24) is 0 Å². The zero-order valence-corrected chi connectivity index (χ0v) is 11.1. The van der Waals surface area contributed by atoms with Gasteiger partial charge in [0.15, 0.2) is 0 Å². The zero-order valence-electron chi connectivity index (χ0n) is 11.1. The molecule has 0 heterocycles. The Hall–Kier alpha value is -2.08. The van der Waals surface area contributed by atoms with Crippen molar-refractivity contribution in [2.24, 2.45) is 5.73 Å². The number of alkyl halides is 3. The van der Waals surface area contributed by atoms with Crippen LogP contribution in [0.4, 0.5) is 17.6 Å².